The van der Waals surface area contributed by atoms with Gasteiger partial charge in [0.25, 0.3) is 0 Å². The van der Waals surface area contributed by atoms with Crippen molar-refractivity contribution in [3.05, 3.63) is 46.5 Å². The van der Waals surface area contributed by atoms with Crippen molar-refractivity contribution in [1.82, 2.24) is 19.9 Å². The average molecular weight is 423 g/mol. The van der Waals surface area contributed by atoms with Crippen molar-refractivity contribution in [3.63, 3.8) is 0 Å². The van der Waals surface area contributed by atoms with Crippen molar-refractivity contribution in [2.75, 3.05) is 18.3 Å². The minimum Gasteiger partial charge on any atom is -0.366 e. The third-order valence-electron chi connectivity index (χ3n) is 3.80. The first kappa shape index (κ1) is 9.92. The van der Waals surface area contributed by atoms with Crippen LogP contribution in [0.3, 0.4) is 0 Å². The van der Waals surface area contributed by atoms with Crippen LogP contribution < -0.4 is 5.31 Å². The Hall–Kier alpha value is -2.63. The van der Waals surface area contributed by atoms with Gasteiger partial charge in [-0.3, -0.25) is 4.90 Å². The summed E-state index contributed by atoms with van der Waals surface area (Å²) in [7, 11) is 0. The molecule has 0 aliphatic carbocycles. The first-order chi connectivity index (χ1) is 18.6. The van der Waals surface area contributed by atoms with Gasteiger partial charge in [0.1, 0.15) is 28.7 Å². The van der Waals surface area contributed by atoms with Gasteiger partial charge < -0.3 is 5.31 Å². The molecule has 0 spiro atoms. The van der Waals surface area contributed by atoms with Gasteiger partial charge in [0.2, 0.25) is 0 Å². The van der Waals surface area contributed by atoms with E-state index in [1.54, 1.807) is 0 Å². The Kier molecular flexibility index (Phi) is 2.87. The number of hydrogen-bond acceptors (Lipinski definition) is 7. The van der Waals surface area contributed by atoms with Gasteiger partial charge in [0.05, 0.1) is 11.9 Å². The SMILES string of the molecule is [2H]C(c1ccc(F)c(C#N)c1)N1C([2H])([2H])C([2H])([2H])C([2H])(N([2H])c2ncnc3nc(C([2H])(C)C)sc23)C([2H])([2H])C1([2H])[2H]. The Morgan fingerprint density at radius 3 is 3.03 bits per heavy atom. The lowest BCUT2D eigenvalue weighted by Crippen LogP contribution is -2.38. The van der Waals surface area contributed by atoms with Crippen LogP contribution in [-0.4, -0.2) is 38.9 Å². The molecule has 1 saturated heterocycles. The lowest BCUT2D eigenvalue weighted by Gasteiger charge is -2.32. The van der Waals surface area contributed by atoms with Crippen LogP contribution in [0, 0.1) is 17.1 Å². The molecule has 1 N–H and O–H groups in total. The van der Waals surface area contributed by atoms with E-state index in [0.717, 1.165) is 35.9 Å². The molecule has 1 unspecified atom stereocenters. The third-order valence-corrected chi connectivity index (χ3v) is 5.06. The minimum absolute atomic E-state index is 0.0340. The maximum atomic E-state index is 13.9. The number of nitriles is 1. The fourth-order valence-electron chi connectivity index (χ4n) is 2.41. The molecule has 1 atom stereocenters. The summed E-state index contributed by atoms with van der Waals surface area (Å²) in [5.74, 6) is -2.76. The van der Waals surface area contributed by atoms with Gasteiger partial charge in [-0.05, 0) is 30.4 Å². The smallest absolute Gasteiger partial charge is 0.175 e. The first-order valence-corrected chi connectivity index (χ1v) is 9.23. The van der Waals surface area contributed by atoms with E-state index in [4.69, 9.17) is 21.8 Å². The number of rotatable bonds is 5. The minimum atomic E-state index is -3.76. The van der Waals surface area contributed by atoms with Gasteiger partial charge in [0, 0.05) is 45.1 Å². The summed E-state index contributed by atoms with van der Waals surface area (Å²) in [6.45, 7) is -6.46. The van der Waals surface area contributed by atoms with Gasteiger partial charge in [-0.1, -0.05) is 19.9 Å². The van der Waals surface area contributed by atoms with Crippen LogP contribution in [0.4, 0.5) is 10.2 Å². The summed E-state index contributed by atoms with van der Waals surface area (Å²) in [5, 5.41) is 9.32. The number of fused-ring (bicyclic) bond motifs is 1. The Morgan fingerprint density at radius 1 is 1.52 bits per heavy atom. The number of nitrogens with one attached hydrogen (secondary N) is 1. The summed E-state index contributed by atoms with van der Waals surface area (Å²) >= 11 is 0.831. The molecule has 0 radical (unpaired) electrons. The number of aromatic nitrogens is 3. The van der Waals surface area contributed by atoms with E-state index < -0.39 is 61.4 Å². The molecule has 8 heteroatoms. The summed E-state index contributed by atoms with van der Waals surface area (Å²) in [5.41, 5.74) is -0.935. The zero-order valence-electron chi connectivity index (χ0n) is 27.4. The zero-order chi connectivity index (χ0) is 31.1. The fraction of sp³-hybridized carbons (Fsp3) is 0.429. The van der Waals surface area contributed by atoms with Crippen molar-refractivity contribution in [3.8, 4) is 6.07 Å². The maximum Gasteiger partial charge on any atom is 0.175 e. The van der Waals surface area contributed by atoms with Crippen molar-refractivity contribution in [1.29, 1.82) is 5.26 Å². The highest BCUT2D eigenvalue weighted by atomic mass is 32.1. The van der Waals surface area contributed by atoms with Gasteiger partial charge in [-0.15, -0.1) is 11.3 Å². The molecule has 1 aliphatic heterocycles. The molecule has 29 heavy (non-hydrogen) atoms. The molecule has 1 aliphatic rings. The van der Waals surface area contributed by atoms with Crippen LogP contribution >= 0.6 is 11.3 Å². The number of anilines is 1. The predicted octanol–water partition coefficient (Wildman–Crippen LogP) is 4.30. The van der Waals surface area contributed by atoms with E-state index in [0.29, 0.717) is 0 Å². The average Bonchev–Trinajstić information content (AvgIpc) is 3.32. The van der Waals surface area contributed by atoms with Crippen LogP contribution in [0.15, 0.2) is 24.5 Å². The Balaban J connectivity index is 1.93. The third kappa shape index (κ3) is 4.36. The first-order valence-electron chi connectivity index (χ1n) is 14.4. The van der Waals surface area contributed by atoms with E-state index in [1.807, 2.05) is 0 Å². The lowest BCUT2D eigenvalue weighted by atomic mass is 10.0. The Labute approximate surface area is 190 Å². The highest BCUT2D eigenvalue weighted by Gasteiger charge is 2.21. The van der Waals surface area contributed by atoms with Crippen molar-refractivity contribution in [2.45, 2.75) is 45.0 Å². The van der Waals surface area contributed by atoms with Crippen LogP contribution in [0.25, 0.3) is 10.3 Å². The Bertz CT molecular complexity index is 1520. The van der Waals surface area contributed by atoms with Crippen molar-refractivity contribution >= 4 is 27.5 Å². The summed E-state index contributed by atoms with van der Waals surface area (Å²) < 4.78 is 118. The van der Waals surface area contributed by atoms with E-state index in [9.17, 15) is 4.39 Å². The molecular formula is C21H23FN6S. The van der Waals surface area contributed by atoms with E-state index in [-0.39, 0.29) is 31.1 Å². The molecule has 0 saturated carbocycles. The molecule has 0 bridgehead atoms. The highest BCUT2D eigenvalue weighted by Crippen LogP contribution is 2.31. The number of nitrogens with zero attached hydrogens (tertiary/aromatic N) is 5. The topological polar surface area (TPSA) is 77.7 Å². The molecule has 0 amide bonds. The molecule has 3 heterocycles. The van der Waals surface area contributed by atoms with Gasteiger partial charge in [0.15, 0.2) is 7.06 Å². The van der Waals surface area contributed by atoms with Crippen LogP contribution in [0.2, 0.25) is 1.41 Å². The molecule has 2 aromatic heterocycles. The summed E-state index contributed by atoms with van der Waals surface area (Å²) in [6, 6.07) is 0.435. The largest absolute Gasteiger partial charge is 0.366 e. The van der Waals surface area contributed by atoms with E-state index in [1.165, 1.54) is 19.9 Å². The molecule has 1 aromatic carbocycles. The summed E-state index contributed by atoms with van der Waals surface area (Å²) in [6.07, 6.45) is -6.60. The standard InChI is InChI=1S/C21H23FN6S/c1-13(2)21-27-20-18(29-21)19(24-12-25-20)26-16-5-7-28(8-6-16)11-14-3-4-17(22)15(9-14)10-23/h3-4,9,12-13,16H,5-8,11H2,1-2H3,(H,24,25,26)/i5D2,6D2,7D2,8D2,11D,13D,16D/hD. The fourth-order valence-corrected chi connectivity index (χ4v) is 3.31. The number of likely N-dealkylation sites (tertiary alicyclic amines) is 1. The number of hydrogen-bond donors (Lipinski definition) is 1. The molecule has 3 aromatic rings. The van der Waals surface area contributed by atoms with E-state index in [2.05, 4.69) is 15.0 Å². The van der Waals surface area contributed by atoms with E-state index >= 15 is 0 Å². The molecular weight excluding hydrogens is 387 g/mol. The monoisotopic (exact) mass is 422 g/mol. The lowest BCUT2D eigenvalue weighted by molar-refractivity contribution is 0.211. The van der Waals surface area contributed by atoms with Crippen LogP contribution in [0.1, 0.15) is 63.7 Å². The quantitative estimate of drug-likeness (QED) is 0.661. The number of thiazole rings is 1. The second kappa shape index (κ2) is 8.39. The van der Waals surface area contributed by atoms with Gasteiger partial charge in [-0.25, -0.2) is 19.3 Å². The Morgan fingerprint density at radius 2 is 2.31 bits per heavy atom. The van der Waals surface area contributed by atoms with Crippen molar-refractivity contribution < 1.29 is 20.9 Å². The second-order valence-electron chi connectivity index (χ2n) is 6.15. The molecule has 4 rings (SSSR count). The van der Waals surface area contributed by atoms with Crippen LogP contribution in [-0.2, 0) is 6.52 Å². The highest BCUT2D eigenvalue weighted by molar-refractivity contribution is 7.19. The second-order valence-corrected chi connectivity index (χ2v) is 7.15. The van der Waals surface area contributed by atoms with Crippen molar-refractivity contribution in [2.24, 2.45) is 0 Å². The summed E-state index contributed by atoms with van der Waals surface area (Å²) in [4.78, 5) is 12.0. The maximum absolute atomic E-state index is 13.9. The molecule has 150 valence electrons. The zero-order valence-corrected chi connectivity index (χ0v) is 16.2. The normalized spacial score (nSPS) is 31.2. The molecule has 6 nitrogen and oxygen atoms in total. The van der Waals surface area contributed by atoms with Crippen LogP contribution in [0.5, 0.6) is 0 Å². The number of benzene rings is 1. The van der Waals surface area contributed by atoms with Gasteiger partial charge >= 0.3 is 0 Å². The number of piperidine rings is 1. The predicted molar refractivity (Wildman–Crippen MR) is 112 cm³/mol. The van der Waals surface area contributed by atoms with Gasteiger partial charge in [-0.2, -0.15) is 5.26 Å². The number of halogens is 1. The molecule has 1 fully saturated rings.